The third kappa shape index (κ3) is 5.83. The molecule has 0 spiro atoms. The van der Waals surface area contributed by atoms with E-state index in [9.17, 15) is 9.59 Å². The molecule has 2 aromatic carbocycles. The Morgan fingerprint density at radius 1 is 1.08 bits per heavy atom. The maximum Gasteiger partial charge on any atom is 0.271 e. The summed E-state index contributed by atoms with van der Waals surface area (Å²) in [4.78, 5) is 24.1. The molecule has 0 atom stereocenters. The Hall–Kier alpha value is -2.47. The van der Waals surface area contributed by atoms with E-state index >= 15 is 0 Å². The van der Waals surface area contributed by atoms with E-state index in [1.54, 1.807) is 31.2 Å². The SMILES string of the molecule is CCc1ccccc1NC(=O)C/C(C)=N\NC(=O)c1ccc(Br)cc1. The van der Waals surface area contributed by atoms with Gasteiger partial charge in [0.25, 0.3) is 5.91 Å². The number of carbonyl (C=O) groups is 2. The van der Waals surface area contributed by atoms with Gasteiger partial charge in [0.1, 0.15) is 0 Å². The van der Waals surface area contributed by atoms with Gasteiger partial charge >= 0.3 is 0 Å². The van der Waals surface area contributed by atoms with Crippen LogP contribution in [-0.2, 0) is 11.2 Å². The number of aryl methyl sites for hydroxylation is 1. The number of hydrogen-bond donors (Lipinski definition) is 2. The van der Waals surface area contributed by atoms with Crippen molar-refractivity contribution in [3.8, 4) is 0 Å². The van der Waals surface area contributed by atoms with Crippen LogP contribution < -0.4 is 10.7 Å². The molecule has 0 aliphatic carbocycles. The molecule has 6 heteroatoms. The van der Waals surface area contributed by atoms with Crippen molar-refractivity contribution < 1.29 is 9.59 Å². The molecule has 0 fully saturated rings. The predicted octanol–water partition coefficient (Wildman–Crippen LogP) is 4.15. The average Bonchev–Trinajstić information content (AvgIpc) is 2.60. The van der Waals surface area contributed by atoms with Crippen LogP contribution in [0.2, 0.25) is 0 Å². The number of nitrogens with one attached hydrogen (secondary N) is 2. The average molecular weight is 402 g/mol. The van der Waals surface area contributed by atoms with E-state index in [0.717, 1.165) is 22.1 Å². The van der Waals surface area contributed by atoms with Crippen LogP contribution in [0.15, 0.2) is 58.1 Å². The summed E-state index contributed by atoms with van der Waals surface area (Å²) in [6.07, 6.45) is 0.950. The van der Waals surface area contributed by atoms with Crippen LogP contribution in [0.3, 0.4) is 0 Å². The molecule has 0 radical (unpaired) electrons. The molecule has 0 aliphatic heterocycles. The van der Waals surface area contributed by atoms with Gasteiger partial charge in [-0.05, 0) is 49.2 Å². The summed E-state index contributed by atoms with van der Waals surface area (Å²) in [5.41, 5.74) is 5.37. The minimum atomic E-state index is -0.316. The summed E-state index contributed by atoms with van der Waals surface area (Å²) in [6.45, 7) is 3.74. The van der Waals surface area contributed by atoms with Crippen molar-refractivity contribution in [1.82, 2.24) is 5.43 Å². The molecule has 0 saturated carbocycles. The number of halogens is 1. The number of para-hydroxylation sites is 1. The zero-order chi connectivity index (χ0) is 18.2. The van der Waals surface area contributed by atoms with E-state index in [1.165, 1.54) is 0 Å². The minimum Gasteiger partial charge on any atom is -0.326 e. The normalized spacial score (nSPS) is 11.1. The van der Waals surface area contributed by atoms with Gasteiger partial charge in [0.2, 0.25) is 5.91 Å². The number of nitrogens with zero attached hydrogens (tertiary/aromatic N) is 1. The Morgan fingerprint density at radius 3 is 2.44 bits per heavy atom. The van der Waals surface area contributed by atoms with Crippen molar-refractivity contribution in [2.75, 3.05) is 5.32 Å². The molecule has 2 N–H and O–H groups in total. The lowest BCUT2D eigenvalue weighted by Gasteiger charge is -2.09. The van der Waals surface area contributed by atoms with Gasteiger partial charge in [-0.15, -0.1) is 0 Å². The summed E-state index contributed by atoms with van der Waals surface area (Å²) in [5, 5.41) is 6.87. The highest BCUT2D eigenvalue weighted by molar-refractivity contribution is 9.10. The van der Waals surface area contributed by atoms with Crippen LogP contribution in [0.4, 0.5) is 5.69 Å². The fourth-order valence-electron chi connectivity index (χ4n) is 2.23. The van der Waals surface area contributed by atoms with Gasteiger partial charge in [-0.25, -0.2) is 5.43 Å². The Kier molecular flexibility index (Phi) is 6.89. The van der Waals surface area contributed by atoms with E-state index in [0.29, 0.717) is 11.3 Å². The van der Waals surface area contributed by atoms with E-state index in [1.807, 2.05) is 31.2 Å². The second-order valence-corrected chi connectivity index (χ2v) is 6.45. The molecular formula is C19H20BrN3O2. The van der Waals surface area contributed by atoms with Crippen LogP contribution in [0.5, 0.6) is 0 Å². The minimum absolute atomic E-state index is 0.110. The standard InChI is InChI=1S/C19H20BrN3O2/c1-3-14-6-4-5-7-17(14)21-18(24)12-13(2)22-23-19(25)15-8-10-16(20)11-9-15/h4-11H,3,12H2,1-2H3,(H,21,24)(H,23,25)/b22-13-. The third-order valence-electron chi connectivity index (χ3n) is 3.54. The first-order valence-corrected chi connectivity index (χ1v) is 8.75. The number of hydrazone groups is 1. The summed E-state index contributed by atoms with van der Waals surface area (Å²) in [7, 11) is 0. The molecule has 0 unspecified atom stereocenters. The third-order valence-corrected chi connectivity index (χ3v) is 4.07. The van der Waals surface area contributed by atoms with E-state index in [4.69, 9.17) is 0 Å². The van der Waals surface area contributed by atoms with Crippen LogP contribution >= 0.6 is 15.9 Å². The van der Waals surface area contributed by atoms with Gasteiger partial charge in [0, 0.05) is 21.4 Å². The molecule has 0 aromatic heterocycles. The maximum atomic E-state index is 12.1. The summed E-state index contributed by atoms with van der Waals surface area (Å²) in [5.74, 6) is -0.483. The highest BCUT2D eigenvalue weighted by Crippen LogP contribution is 2.15. The lowest BCUT2D eigenvalue weighted by Crippen LogP contribution is -2.21. The number of rotatable bonds is 6. The summed E-state index contributed by atoms with van der Waals surface area (Å²) >= 11 is 3.32. The lowest BCUT2D eigenvalue weighted by atomic mass is 10.1. The number of amides is 2. The fourth-order valence-corrected chi connectivity index (χ4v) is 2.49. The van der Waals surface area contributed by atoms with Crippen molar-refractivity contribution in [2.45, 2.75) is 26.7 Å². The maximum absolute atomic E-state index is 12.1. The largest absolute Gasteiger partial charge is 0.326 e. The van der Waals surface area contributed by atoms with Crippen LogP contribution in [0.25, 0.3) is 0 Å². The van der Waals surface area contributed by atoms with E-state index in [-0.39, 0.29) is 18.2 Å². The molecule has 0 heterocycles. The van der Waals surface area contributed by atoms with Crippen molar-refractivity contribution in [2.24, 2.45) is 5.10 Å². The Labute approximate surface area is 155 Å². The Bertz CT molecular complexity index is 786. The lowest BCUT2D eigenvalue weighted by molar-refractivity contribution is -0.115. The Morgan fingerprint density at radius 2 is 1.76 bits per heavy atom. The molecule has 5 nitrogen and oxygen atoms in total. The van der Waals surface area contributed by atoms with E-state index in [2.05, 4.69) is 31.8 Å². The van der Waals surface area contributed by atoms with Crippen molar-refractivity contribution in [3.63, 3.8) is 0 Å². The molecule has 2 amide bonds. The first-order chi connectivity index (χ1) is 12.0. The zero-order valence-corrected chi connectivity index (χ0v) is 15.8. The molecule has 25 heavy (non-hydrogen) atoms. The van der Waals surface area contributed by atoms with Gasteiger partial charge in [0.15, 0.2) is 0 Å². The predicted molar refractivity (Wildman–Crippen MR) is 104 cm³/mol. The van der Waals surface area contributed by atoms with Crippen LogP contribution in [0, 0.1) is 0 Å². The molecular weight excluding hydrogens is 382 g/mol. The molecule has 0 bridgehead atoms. The molecule has 2 rings (SSSR count). The van der Waals surface area contributed by atoms with Gasteiger partial charge in [-0.3, -0.25) is 9.59 Å². The number of anilines is 1. The van der Waals surface area contributed by atoms with Gasteiger partial charge in [-0.1, -0.05) is 41.1 Å². The highest BCUT2D eigenvalue weighted by Gasteiger charge is 2.08. The number of carbonyl (C=O) groups excluding carboxylic acids is 2. The highest BCUT2D eigenvalue weighted by atomic mass is 79.9. The number of hydrogen-bond acceptors (Lipinski definition) is 3. The topological polar surface area (TPSA) is 70.6 Å². The molecule has 0 aliphatic rings. The summed E-state index contributed by atoms with van der Waals surface area (Å²) < 4.78 is 0.896. The summed E-state index contributed by atoms with van der Waals surface area (Å²) in [6, 6.07) is 14.6. The zero-order valence-electron chi connectivity index (χ0n) is 14.2. The van der Waals surface area contributed by atoms with Gasteiger partial charge in [-0.2, -0.15) is 5.10 Å². The molecule has 0 saturated heterocycles. The second-order valence-electron chi connectivity index (χ2n) is 5.53. The Balaban J connectivity index is 1.90. The van der Waals surface area contributed by atoms with Crippen LogP contribution in [0.1, 0.15) is 36.2 Å². The van der Waals surface area contributed by atoms with Crippen LogP contribution in [-0.4, -0.2) is 17.5 Å². The molecule has 130 valence electrons. The van der Waals surface area contributed by atoms with E-state index < -0.39 is 0 Å². The monoisotopic (exact) mass is 401 g/mol. The van der Waals surface area contributed by atoms with Gasteiger partial charge < -0.3 is 5.32 Å². The van der Waals surface area contributed by atoms with Crippen molar-refractivity contribution >= 4 is 39.1 Å². The van der Waals surface area contributed by atoms with Crippen molar-refractivity contribution in [3.05, 3.63) is 64.1 Å². The van der Waals surface area contributed by atoms with Crippen molar-refractivity contribution in [1.29, 1.82) is 0 Å². The molecule has 2 aromatic rings. The fraction of sp³-hybridized carbons (Fsp3) is 0.211. The van der Waals surface area contributed by atoms with Gasteiger partial charge in [0.05, 0.1) is 6.42 Å². The quantitative estimate of drug-likeness (QED) is 0.563. The first kappa shape index (κ1) is 18.9. The number of benzene rings is 2. The second kappa shape index (κ2) is 9.13. The first-order valence-electron chi connectivity index (χ1n) is 7.96. The smallest absolute Gasteiger partial charge is 0.271 e.